The highest BCUT2D eigenvalue weighted by Gasteiger charge is 2.21. The highest BCUT2D eigenvalue weighted by atomic mass is 79.9. The Morgan fingerprint density at radius 1 is 1.46 bits per heavy atom. The van der Waals surface area contributed by atoms with Gasteiger partial charge in [0.25, 0.3) is 0 Å². The van der Waals surface area contributed by atoms with Gasteiger partial charge in [0.15, 0.2) is 0 Å². The molecule has 1 saturated carbocycles. The van der Waals surface area contributed by atoms with Crippen molar-refractivity contribution in [1.82, 2.24) is 5.32 Å². The molecule has 0 aromatic heterocycles. The number of alkyl halides is 1. The van der Waals surface area contributed by atoms with Gasteiger partial charge in [-0.15, -0.1) is 0 Å². The van der Waals surface area contributed by atoms with Gasteiger partial charge in [0.1, 0.15) is 0 Å². The SMILES string of the molecule is CC(CBr)NC(=O)C1CCCCC1. The van der Waals surface area contributed by atoms with Crippen LogP contribution >= 0.6 is 15.9 Å². The number of rotatable bonds is 3. The van der Waals surface area contributed by atoms with Gasteiger partial charge in [0, 0.05) is 17.3 Å². The van der Waals surface area contributed by atoms with Crippen LogP contribution in [0, 0.1) is 5.92 Å². The molecule has 13 heavy (non-hydrogen) atoms. The average Bonchev–Trinajstić information content (AvgIpc) is 2.19. The lowest BCUT2D eigenvalue weighted by atomic mass is 9.88. The zero-order valence-corrected chi connectivity index (χ0v) is 9.77. The second-order valence-electron chi connectivity index (χ2n) is 3.90. The Morgan fingerprint density at radius 3 is 2.62 bits per heavy atom. The minimum Gasteiger partial charge on any atom is -0.353 e. The Balaban J connectivity index is 2.29. The van der Waals surface area contributed by atoms with Crippen LogP contribution in [-0.2, 0) is 4.79 Å². The first kappa shape index (κ1) is 11.0. The number of carbonyl (C=O) groups excluding carboxylic acids is 1. The Morgan fingerprint density at radius 2 is 2.08 bits per heavy atom. The van der Waals surface area contributed by atoms with Crippen LogP contribution in [0.4, 0.5) is 0 Å². The van der Waals surface area contributed by atoms with Gasteiger partial charge in [0.2, 0.25) is 5.91 Å². The minimum absolute atomic E-state index is 0.256. The molecule has 1 unspecified atom stereocenters. The molecule has 1 N–H and O–H groups in total. The first-order valence-electron chi connectivity index (χ1n) is 5.10. The van der Waals surface area contributed by atoms with E-state index in [1.54, 1.807) is 0 Å². The quantitative estimate of drug-likeness (QED) is 0.764. The Kier molecular flexibility index (Phi) is 4.78. The van der Waals surface area contributed by atoms with E-state index in [0.717, 1.165) is 18.2 Å². The summed E-state index contributed by atoms with van der Waals surface area (Å²) in [6.45, 7) is 2.02. The molecule has 0 radical (unpaired) electrons. The second kappa shape index (κ2) is 5.63. The molecule has 0 bridgehead atoms. The van der Waals surface area contributed by atoms with Crippen molar-refractivity contribution in [2.45, 2.75) is 45.1 Å². The lowest BCUT2D eigenvalue weighted by molar-refractivity contribution is -0.126. The van der Waals surface area contributed by atoms with Crippen LogP contribution in [0.25, 0.3) is 0 Å². The zero-order chi connectivity index (χ0) is 9.68. The molecule has 0 aromatic carbocycles. The highest BCUT2D eigenvalue weighted by Crippen LogP contribution is 2.23. The third-order valence-electron chi connectivity index (χ3n) is 2.60. The summed E-state index contributed by atoms with van der Waals surface area (Å²) in [5.41, 5.74) is 0. The van der Waals surface area contributed by atoms with E-state index in [9.17, 15) is 4.79 Å². The number of halogens is 1. The van der Waals surface area contributed by atoms with E-state index in [1.807, 2.05) is 6.92 Å². The van der Waals surface area contributed by atoms with Crippen molar-refractivity contribution in [3.8, 4) is 0 Å². The van der Waals surface area contributed by atoms with Crippen LogP contribution in [0.5, 0.6) is 0 Å². The summed E-state index contributed by atoms with van der Waals surface area (Å²) in [5, 5.41) is 3.85. The minimum atomic E-state index is 0.256. The summed E-state index contributed by atoms with van der Waals surface area (Å²) < 4.78 is 0. The van der Waals surface area contributed by atoms with E-state index in [-0.39, 0.29) is 17.9 Å². The molecule has 2 nitrogen and oxygen atoms in total. The molecule has 0 aliphatic heterocycles. The van der Waals surface area contributed by atoms with Crippen LogP contribution in [0.15, 0.2) is 0 Å². The molecule has 3 heteroatoms. The molecule has 76 valence electrons. The number of hydrogen-bond acceptors (Lipinski definition) is 1. The van der Waals surface area contributed by atoms with E-state index in [1.165, 1.54) is 19.3 Å². The molecule has 1 fully saturated rings. The summed E-state index contributed by atoms with van der Waals surface area (Å²) in [6, 6.07) is 0.259. The average molecular weight is 248 g/mol. The predicted octanol–water partition coefficient (Wildman–Crippen LogP) is 2.47. The van der Waals surface area contributed by atoms with Gasteiger partial charge >= 0.3 is 0 Å². The van der Waals surface area contributed by atoms with Gasteiger partial charge < -0.3 is 5.32 Å². The molecule has 1 rings (SSSR count). The second-order valence-corrected chi connectivity index (χ2v) is 4.55. The molecule has 1 atom stereocenters. The number of amides is 1. The highest BCUT2D eigenvalue weighted by molar-refractivity contribution is 9.09. The van der Waals surface area contributed by atoms with Crippen molar-refractivity contribution in [3.05, 3.63) is 0 Å². The summed E-state index contributed by atoms with van der Waals surface area (Å²) >= 11 is 3.35. The normalized spacial score (nSPS) is 21.1. The van der Waals surface area contributed by atoms with Crippen LogP contribution in [0.2, 0.25) is 0 Å². The smallest absolute Gasteiger partial charge is 0.223 e. The van der Waals surface area contributed by atoms with Crippen molar-refractivity contribution in [2.75, 3.05) is 5.33 Å². The standard InChI is InChI=1S/C10H18BrNO/c1-8(7-11)12-10(13)9-5-3-2-4-6-9/h8-9H,2-7H2,1H3,(H,12,13). The molecular formula is C10H18BrNO. The van der Waals surface area contributed by atoms with E-state index >= 15 is 0 Å². The van der Waals surface area contributed by atoms with E-state index < -0.39 is 0 Å². The Bertz CT molecular complexity index is 166. The van der Waals surface area contributed by atoms with Crippen LogP contribution in [-0.4, -0.2) is 17.3 Å². The van der Waals surface area contributed by atoms with Gasteiger partial charge in [-0.1, -0.05) is 35.2 Å². The summed E-state index contributed by atoms with van der Waals surface area (Å²) in [5.74, 6) is 0.543. The van der Waals surface area contributed by atoms with Gasteiger partial charge in [0.05, 0.1) is 0 Å². The fourth-order valence-corrected chi connectivity index (χ4v) is 1.93. The van der Waals surface area contributed by atoms with Gasteiger partial charge in [-0.2, -0.15) is 0 Å². The fraction of sp³-hybridized carbons (Fsp3) is 0.900. The maximum Gasteiger partial charge on any atom is 0.223 e. The lowest BCUT2D eigenvalue weighted by Crippen LogP contribution is -2.38. The van der Waals surface area contributed by atoms with Crippen molar-refractivity contribution in [2.24, 2.45) is 5.92 Å². The molecule has 1 aliphatic carbocycles. The van der Waals surface area contributed by atoms with Crippen LogP contribution < -0.4 is 5.32 Å². The number of hydrogen-bond donors (Lipinski definition) is 1. The summed E-state index contributed by atoms with van der Waals surface area (Å²) in [6.07, 6.45) is 5.92. The number of carbonyl (C=O) groups is 1. The van der Waals surface area contributed by atoms with Gasteiger partial charge in [-0.3, -0.25) is 4.79 Å². The van der Waals surface area contributed by atoms with Crippen molar-refractivity contribution < 1.29 is 4.79 Å². The zero-order valence-electron chi connectivity index (χ0n) is 8.18. The lowest BCUT2D eigenvalue weighted by Gasteiger charge is -2.22. The molecule has 0 heterocycles. The third-order valence-corrected chi connectivity index (χ3v) is 3.57. The largest absolute Gasteiger partial charge is 0.353 e. The fourth-order valence-electron chi connectivity index (χ4n) is 1.76. The maximum atomic E-state index is 11.6. The van der Waals surface area contributed by atoms with E-state index in [2.05, 4.69) is 21.2 Å². The Hall–Kier alpha value is -0.0500. The van der Waals surface area contributed by atoms with E-state index in [0.29, 0.717) is 0 Å². The van der Waals surface area contributed by atoms with Gasteiger partial charge in [-0.25, -0.2) is 0 Å². The molecule has 1 aliphatic rings. The summed E-state index contributed by atoms with van der Waals surface area (Å²) in [7, 11) is 0. The van der Waals surface area contributed by atoms with Crippen LogP contribution in [0.1, 0.15) is 39.0 Å². The Labute approximate surface area is 88.6 Å². The van der Waals surface area contributed by atoms with Crippen molar-refractivity contribution in [3.63, 3.8) is 0 Å². The molecule has 0 saturated heterocycles. The predicted molar refractivity (Wildman–Crippen MR) is 58.0 cm³/mol. The summed E-state index contributed by atoms with van der Waals surface area (Å²) in [4.78, 5) is 11.6. The third kappa shape index (κ3) is 3.67. The van der Waals surface area contributed by atoms with E-state index in [4.69, 9.17) is 0 Å². The molecule has 1 amide bonds. The number of nitrogens with one attached hydrogen (secondary N) is 1. The van der Waals surface area contributed by atoms with Crippen LogP contribution in [0.3, 0.4) is 0 Å². The molecule has 0 aromatic rings. The monoisotopic (exact) mass is 247 g/mol. The van der Waals surface area contributed by atoms with Gasteiger partial charge in [-0.05, 0) is 19.8 Å². The van der Waals surface area contributed by atoms with Crippen molar-refractivity contribution >= 4 is 21.8 Å². The van der Waals surface area contributed by atoms with Crippen molar-refractivity contribution in [1.29, 1.82) is 0 Å². The maximum absolute atomic E-state index is 11.6. The molecular weight excluding hydrogens is 230 g/mol. The first-order valence-corrected chi connectivity index (χ1v) is 6.22. The first-order chi connectivity index (χ1) is 6.24. The molecule has 0 spiro atoms. The topological polar surface area (TPSA) is 29.1 Å².